The Kier molecular flexibility index (Phi) is 2.97. The Bertz CT molecular complexity index is 506. The van der Waals surface area contributed by atoms with Crippen LogP contribution in [0.3, 0.4) is 0 Å². The molecule has 1 aliphatic heterocycles. The topological polar surface area (TPSA) is 54.1 Å². The lowest BCUT2D eigenvalue weighted by Gasteiger charge is -2.47. The van der Waals surface area contributed by atoms with E-state index in [1.165, 1.54) is 11.1 Å². The van der Waals surface area contributed by atoms with Crippen molar-refractivity contribution in [2.45, 2.75) is 19.8 Å². The molecule has 19 heavy (non-hydrogen) atoms. The Morgan fingerprint density at radius 3 is 2.84 bits per heavy atom. The number of ether oxygens (including phenoxy) is 1. The quantitative estimate of drug-likeness (QED) is 0.660. The van der Waals surface area contributed by atoms with Gasteiger partial charge in [-0.15, -0.1) is 0 Å². The Morgan fingerprint density at radius 2 is 2.11 bits per heavy atom. The lowest BCUT2D eigenvalue weighted by atomic mass is 9.77. The molecule has 1 heterocycles. The van der Waals surface area contributed by atoms with Gasteiger partial charge in [-0.25, -0.2) is 0 Å². The van der Waals surface area contributed by atoms with E-state index < -0.39 is 0 Å². The van der Waals surface area contributed by atoms with Crippen molar-refractivity contribution in [3.63, 3.8) is 0 Å². The predicted molar refractivity (Wildman–Crippen MR) is 73.0 cm³/mol. The molecule has 0 radical (unpaired) electrons. The third kappa shape index (κ3) is 2.32. The number of carbonyl (C=O) groups excluding carboxylic acids is 1. The summed E-state index contributed by atoms with van der Waals surface area (Å²) in [7, 11) is 0. The highest BCUT2D eigenvalue weighted by molar-refractivity contribution is 5.73. The summed E-state index contributed by atoms with van der Waals surface area (Å²) in [6, 6.07) is 5.69. The first-order valence-corrected chi connectivity index (χ1v) is 6.81. The van der Waals surface area contributed by atoms with E-state index in [4.69, 9.17) is 4.74 Å². The van der Waals surface area contributed by atoms with Crippen LogP contribution in [0, 0.1) is 5.41 Å². The highest BCUT2D eigenvalue weighted by atomic mass is 16.5. The van der Waals surface area contributed by atoms with Gasteiger partial charge in [0.05, 0.1) is 0 Å². The number of likely N-dealkylation sites (tertiary alicyclic amines) is 1. The number of hydrogen-bond acceptors (Lipinski definition) is 3. The monoisotopic (exact) mass is 262 g/mol. The van der Waals surface area contributed by atoms with Crippen LogP contribution in [0.25, 0.3) is 0 Å². The SMILES string of the molecule is CCOC(=[OH+])CN1CC2(Cc3ccc(O)cc3C2)C1. The minimum atomic E-state index is 0.116. The van der Waals surface area contributed by atoms with Gasteiger partial charge in [0, 0.05) is 18.5 Å². The Balaban J connectivity index is 1.58. The lowest BCUT2D eigenvalue weighted by Crippen LogP contribution is -2.58. The highest BCUT2D eigenvalue weighted by Crippen LogP contribution is 2.44. The predicted octanol–water partition coefficient (Wildman–Crippen LogP) is 1.33. The second-order valence-corrected chi connectivity index (χ2v) is 5.78. The first-order valence-electron chi connectivity index (χ1n) is 6.81. The van der Waals surface area contributed by atoms with E-state index in [-0.39, 0.29) is 5.97 Å². The van der Waals surface area contributed by atoms with E-state index in [2.05, 4.69) is 4.90 Å². The molecule has 2 N–H and O–H groups in total. The van der Waals surface area contributed by atoms with Gasteiger partial charge >= 0.3 is 5.97 Å². The molecule has 0 unspecified atom stereocenters. The maximum absolute atomic E-state index is 9.55. The highest BCUT2D eigenvalue weighted by Gasteiger charge is 2.47. The summed E-state index contributed by atoms with van der Waals surface area (Å²) in [4.78, 5) is 11.8. The molecule has 1 aromatic rings. The molecular formula is C15H20NO3+. The molecule has 0 aromatic heterocycles. The number of benzene rings is 1. The van der Waals surface area contributed by atoms with Crippen LogP contribution in [0.4, 0.5) is 0 Å². The van der Waals surface area contributed by atoms with E-state index >= 15 is 0 Å². The maximum Gasteiger partial charge on any atom is 0.497 e. The van der Waals surface area contributed by atoms with Crippen molar-refractivity contribution in [1.29, 1.82) is 0 Å². The molecule has 1 fully saturated rings. The van der Waals surface area contributed by atoms with Gasteiger partial charge in [-0.1, -0.05) is 6.07 Å². The Morgan fingerprint density at radius 1 is 1.37 bits per heavy atom. The average molecular weight is 262 g/mol. The molecule has 4 heteroatoms. The molecule has 1 aromatic carbocycles. The maximum atomic E-state index is 9.55. The van der Waals surface area contributed by atoms with Crippen molar-refractivity contribution in [3.8, 4) is 5.75 Å². The number of rotatable bonds is 3. The fraction of sp³-hybridized carbons (Fsp3) is 0.533. The van der Waals surface area contributed by atoms with E-state index in [0.717, 1.165) is 25.9 Å². The zero-order valence-electron chi connectivity index (χ0n) is 11.2. The summed E-state index contributed by atoms with van der Waals surface area (Å²) < 4.78 is 5.07. The standard InChI is InChI=1S/C15H19NO3/c1-2-19-14(18)8-16-9-15(10-16)6-11-3-4-13(17)5-12(11)7-15/h3-5,17H,2,6-10H2,1H3/p+1. The van der Waals surface area contributed by atoms with Crippen LogP contribution >= 0.6 is 0 Å². The fourth-order valence-electron chi connectivity index (χ4n) is 3.46. The number of esters is 1. The average Bonchev–Trinajstić information content (AvgIpc) is 2.67. The molecule has 102 valence electrons. The van der Waals surface area contributed by atoms with E-state index in [1.54, 1.807) is 6.07 Å². The second kappa shape index (κ2) is 4.53. The minimum absolute atomic E-state index is 0.116. The number of aromatic hydroxyl groups is 1. The largest absolute Gasteiger partial charge is 0.508 e. The summed E-state index contributed by atoms with van der Waals surface area (Å²) in [5, 5.41) is 9.52. The van der Waals surface area contributed by atoms with Crippen molar-refractivity contribution in [3.05, 3.63) is 29.3 Å². The number of nitrogens with zero attached hydrogens (tertiary/aromatic N) is 1. The Labute approximate surface area is 113 Å². The van der Waals surface area contributed by atoms with Crippen LogP contribution in [0.5, 0.6) is 5.75 Å². The molecular weight excluding hydrogens is 242 g/mol. The first-order chi connectivity index (χ1) is 9.10. The second-order valence-electron chi connectivity index (χ2n) is 5.78. The van der Waals surface area contributed by atoms with Gasteiger partial charge in [0.2, 0.25) is 0 Å². The van der Waals surface area contributed by atoms with Crippen LogP contribution in [0.1, 0.15) is 18.1 Å². The van der Waals surface area contributed by atoms with Crippen LogP contribution in [0.15, 0.2) is 18.2 Å². The summed E-state index contributed by atoms with van der Waals surface area (Å²) in [6.45, 7) is 4.86. The lowest BCUT2D eigenvalue weighted by molar-refractivity contribution is 0.0161. The van der Waals surface area contributed by atoms with Crippen molar-refractivity contribution in [2.24, 2.45) is 5.41 Å². The zero-order valence-corrected chi connectivity index (χ0v) is 11.2. The third-order valence-electron chi connectivity index (χ3n) is 4.11. The zero-order chi connectivity index (χ0) is 13.5. The molecule has 0 atom stereocenters. The third-order valence-corrected chi connectivity index (χ3v) is 4.11. The van der Waals surface area contributed by atoms with Gasteiger partial charge in [-0.3, -0.25) is 4.90 Å². The van der Waals surface area contributed by atoms with E-state index in [0.29, 0.717) is 24.3 Å². The molecule has 0 saturated carbocycles. The van der Waals surface area contributed by atoms with Crippen molar-refractivity contribution < 1.29 is 14.6 Å². The van der Waals surface area contributed by atoms with Gasteiger partial charge in [-0.2, -0.15) is 0 Å². The molecule has 2 aliphatic rings. The number of phenolic OH excluding ortho intramolecular Hbond substituents is 1. The van der Waals surface area contributed by atoms with Crippen molar-refractivity contribution >= 4 is 5.97 Å². The number of hydrogen-bond donors (Lipinski definition) is 1. The van der Waals surface area contributed by atoms with Crippen molar-refractivity contribution in [2.75, 3.05) is 26.2 Å². The molecule has 1 aliphatic carbocycles. The van der Waals surface area contributed by atoms with Crippen LogP contribution in [0.2, 0.25) is 0 Å². The van der Waals surface area contributed by atoms with Crippen LogP contribution < -0.4 is 0 Å². The van der Waals surface area contributed by atoms with Gasteiger partial charge < -0.3 is 14.6 Å². The van der Waals surface area contributed by atoms with Gasteiger partial charge in [0.15, 0.2) is 13.2 Å². The van der Waals surface area contributed by atoms with Crippen LogP contribution in [-0.4, -0.2) is 47.0 Å². The smallest absolute Gasteiger partial charge is 0.497 e. The van der Waals surface area contributed by atoms with Gasteiger partial charge in [0.25, 0.3) is 0 Å². The Hall–Kier alpha value is -1.55. The summed E-state index contributed by atoms with van der Waals surface area (Å²) in [5.41, 5.74) is 2.94. The molecule has 3 rings (SSSR count). The van der Waals surface area contributed by atoms with Gasteiger partial charge in [-0.05, 0) is 43.0 Å². The molecule has 0 amide bonds. The normalized spacial score (nSPS) is 20.1. The summed E-state index contributed by atoms with van der Waals surface area (Å²) in [6.07, 6.45) is 2.11. The van der Waals surface area contributed by atoms with Gasteiger partial charge in [0.1, 0.15) is 5.75 Å². The molecule has 0 bridgehead atoms. The first kappa shape index (κ1) is 12.5. The molecule has 1 saturated heterocycles. The number of fused-ring (bicyclic) bond motifs is 1. The van der Waals surface area contributed by atoms with E-state index in [9.17, 15) is 9.90 Å². The minimum Gasteiger partial charge on any atom is -0.508 e. The molecule has 1 spiro atoms. The summed E-state index contributed by atoms with van der Waals surface area (Å²) in [5.74, 6) is 0.472. The van der Waals surface area contributed by atoms with Crippen LogP contribution in [-0.2, 0) is 17.6 Å². The number of phenols is 1. The fourth-order valence-corrected chi connectivity index (χ4v) is 3.46. The van der Waals surface area contributed by atoms with E-state index in [1.807, 2.05) is 19.1 Å². The van der Waals surface area contributed by atoms with Crippen molar-refractivity contribution in [1.82, 2.24) is 4.90 Å². The summed E-state index contributed by atoms with van der Waals surface area (Å²) >= 11 is 0. The molecule has 4 nitrogen and oxygen atoms in total.